The largest absolute Gasteiger partial charge is 0.478 e. The number of carboxylic acid groups (broad SMARTS) is 1. The van der Waals surface area contributed by atoms with E-state index in [4.69, 9.17) is 5.11 Å². The Kier molecular flexibility index (Phi) is 2.82. The maximum atomic E-state index is 13.5. The third-order valence-corrected chi connectivity index (χ3v) is 2.32. The molecule has 0 saturated heterocycles. The Morgan fingerprint density at radius 1 is 1.35 bits per heavy atom. The van der Waals surface area contributed by atoms with Gasteiger partial charge in [0.1, 0.15) is 5.82 Å². The lowest BCUT2D eigenvalue weighted by Gasteiger charge is -2.04. The van der Waals surface area contributed by atoms with E-state index in [1.165, 1.54) is 12.3 Å². The average Bonchev–Trinajstić information content (AvgIpc) is 2.29. The predicted molar refractivity (Wildman–Crippen MR) is 59.1 cm³/mol. The first kappa shape index (κ1) is 11.2. The second-order valence-electron chi connectivity index (χ2n) is 3.48. The quantitative estimate of drug-likeness (QED) is 0.862. The molecule has 0 unspecified atom stereocenters. The molecule has 0 bridgehead atoms. The van der Waals surface area contributed by atoms with Crippen LogP contribution < -0.4 is 0 Å². The predicted octanol–water partition coefficient (Wildman–Crippen LogP) is 2.29. The zero-order valence-electron chi connectivity index (χ0n) is 9.01. The lowest BCUT2D eigenvalue weighted by molar-refractivity contribution is 0.0695. The van der Waals surface area contributed by atoms with Gasteiger partial charge in [0, 0.05) is 6.20 Å². The van der Waals surface area contributed by atoms with Crippen molar-refractivity contribution in [2.75, 3.05) is 0 Å². The summed E-state index contributed by atoms with van der Waals surface area (Å²) in [5.41, 5.74) is 0.586. The Hall–Kier alpha value is -2.30. The first-order valence-electron chi connectivity index (χ1n) is 4.91. The molecule has 0 aliphatic heterocycles. The maximum absolute atomic E-state index is 13.5. The van der Waals surface area contributed by atoms with Gasteiger partial charge in [-0.1, -0.05) is 12.1 Å². The molecule has 0 aliphatic carbocycles. The van der Waals surface area contributed by atoms with Gasteiger partial charge in [0.2, 0.25) is 0 Å². The van der Waals surface area contributed by atoms with Gasteiger partial charge in [-0.25, -0.2) is 19.2 Å². The highest BCUT2D eigenvalue weighted by atomic mass is 19.1. The molecule has 0 fully saturated rings. The molecule has 1 aromatic heterocycles. The van der Waals surface area contributed by atoms with Crippen molar-refractivity contribution in [1.29, 1.82) is 0 Å². The molecule has 0 aliphatic rings. The standard InChI is InChI=1S/C12H9FN2O2/c1-7-9(12(16)17)6-14-11(15-7)8-4-2-3-5-10(8)13/h2-6H,1H3,(H,16,17). The molecule has 0 saturated carbocycles. The highest BCUT2D eigenvalue weighted by Crippen LogP contribution is 2.19. The van der Waals surface area contributed by atoms with E-state index >= 15 is 0 Å². The number of halogens is 1. The number of hydrogen-bond donors (Lipinski definition) is 1. The van der Waals surface area contributed by atoms with E-state index in [1.807, 2.05) is 0 Å². The van der Waals surface area contributed by atoms with Gasteiger partial charge in [-0.05, 0) is 19.1 Å². The number of carboxylic acids is 1. The van der Waals surface area contributed by atoms with Gasteiger partial charge in [-0.3, -0.25) is 0 Å². The molecule has 1 N–H and O–H groups in total. The van der Waals surface area contributed by atoms with Gasteiger partial charge in [-0.2, -0.15) is 0 Å². The van der Waals surface area contributed by atoms with Crippen LogP contribution in [0, 0.1) is 12.7 Å². The van der Waals surface area contributed by atoms with Crippen LogP contribution in [-0.4, -0.2) is 21.0 Å². The Morgan fingerprint density at radius 3 is 2.65 bits per heavy atom. The molecule has 1 heterocycles. The van der Waals surface area contributed by atoms with E-state index in [1.54, 1.807) is 25.1 Å². The summed E-state index contributed by atoms with van der Waals surface area (Å²) in [4.78, 5) is 18.6. The lowest BCUT2D eigenvalue weighted by atomic mass is 10.2. The zero-order chi connectivity index (χ0) is 12.4. The van der Waals surface area contributed by atoms with Gasteiger partial charge in [0.05, 0.1) is 16.8 Å². The Bertz CT molecular complexity index is 584. The van der Waals surface area contributed by atoms with Crippen molar-refractivity contribution < 1.29 is 14.3 Å². The summed E-state index contributed by atoms with van der Waals surface area (Å²) in [6.45, 7) is 1.55. The molecule has 1 aromatic carbocycles. The van der Waals surface area contributed by atoms with Crippen molar-refractivity contribution in [3.8, 4) is 11.4 Å². The molecular weight excluding hydrogens is 223 g/mol. The average molecular weight is 232 g/mol. The van der Waals surface area contributed by atoms with Crippen LogP contribution in [0.4, 0.5) is 4.39 Å². The molecule has 5 heteroatoms. The van der Waals surface area contributed by atoms with E-state index in [2.05, 4.69) is 9.97 Å². The molecule has 17 heavy (non-hydrogen) atoms. The summed E-state index contributed by atoms with van der Waals surface area (Å²) < 4.78 is 13.5. The first-order chi connectivity index (χ1) is 8.09. The number of aromatic carboxylic acids is 1. The van der Waals surface area contributed by atoms with Crippen molar-refractivity contribution >= 4 is 5.97 Å². The number of benzene rings is 1. The number of hydrogen-bond acceptors (Lipinski definition) is 3. The van der Waals surface area contributed by atoms with Crippen molar-refractivity contribution in [3.63, 3.8) is 0 Å². The van der Waals surface area contributed by atoms with Gasteiger partial charge in [0.25, 0.3) is 0 Å². The molecule has 4 nitrogen and oxygen atoms in total. The minimum absolute atomic E-state index is 0.0186. The number of carbonyl (C=O) groups is 1. The van der Waals surface area contributed by atoms with Crippen LogP contribution in [0.1, 0.15) is 16.1 Å². The van der Waals surface area contributed by atoms with Gasteiger partial charge >= 0.3 is 5.97 Å². The van der Waals surface area contributed by atoms with Gasteiger partial charge in [0.15, 0.2) is 5.82 Å². The third kappa shape index (κ3) is 2.13. The Labute approximate surface area is 96.8 Å². The topological polar surface area (TPSA) is 63.1 Å². The second kappa shape index (κ2) is 4.29. The number of nitrogens with zero attached hydrogens (tertiary/aromatic N) is 2. The fraction of sp³-hybridized carbons (Fsp3) is 0.0833. The fourth-order valence-electron chi connectivity index (χ4n) is 1.45. The van der Waals surface area contributed by atoms with E-state index in [9.17, 15) is 9.18 Å². The van der Waals surface area contributed by atoms with Crippen LogP contribution in [-0.2, 0) is 0 Å². The summed E-state index contributed by atoms with van der Waals surface area (Å²) in [6, 6.07) is 6.09. The van der Waals surface area contributed by atoms with Crippen LogP contribution in [0.15, 0.2) is 30.5 Å². The van der Waals surface area contributed by atoms with Crippen LogP contribution in [0.25, 0.3) is 11.4 Å². The summed E-state index contributed by atoms with van der Waals surface area (Å²) in [5, 5.41) is 8.83. The highest BCUT2D eigenvalue weighted by Gasteiger charge is 2.12. The van der Waals surface area contributed by atoms with Crippen molar-refractivity contribution in [1.82, 2.24) is 9.97 Å². The van der Waals surface area contributed by atoms with Crippen LogP contribution >= 0.6 is 0 Å². The zero-order valence-corrected chi connectivity index (χ0v) is 9.01. The van der Waals surface area contributed by atoms with Gasteiger partial charge < -0.3 is 5.11 Å². The van der Waals surface area contributed by atoms with Crippen molar-refractivity contribution in [3.05, 3.63) is 47.5 Å². The number of aryl methyl sites for hydroxylation is 1. The number of rotatable bonds is 2. The van der Waals surface area contributed by atoms with Crippen LogP contribution in [0.2, 0.25) is 0 Å². The van der Waals surface area contributed by atoms with Crippen molar-refractivity contribution in [2.24, 2.45) is 0 Å². The second-order valence-corrected chi connectivity index (χ2v) is 3.48. The van der Waals surface area contributed by atoms with Gasteiger partial charge in [-0.15, -0.1) is 0 Å². The first-order valence-corrected chi connectivity index (χ1v) is 4.91. The molecule has 0 atom stereocenters. The fourth-order valence-corrected chi connectivity index (χ4v) is 1.45. The normalized spacial score (nSPS) is 10.2. The summed E-state index contributed by atoms with van der Waals surface area (Å²) in [7, 11) is 0. The molecule has 2 rings (SSSR count). The maximum Gasteiger partial charge on any atom is 0.339 e. The number of aromatic nitrogens is 2. The highest BCUT2D eigenvalue weighted by molar-refractivity contribution is 5.88. The monoisotopic (exact) mass is 232 g/mol. The van der Waals surface area contributed by atoms with E-state index in [-0.39, 0.29) is 17.0 Å². The van der Waals surface area contributed by atoms with Crippen molar-refractivity contribution in [2.45, 2.75) is 6.92 Å². The van der Waals surface area contributed by atoms with Crippen LogP contribution in [0.5, 0.6) is 0 Å². The molecule has 0 spiro atoms. The molecule has 0 amide bonds. The molecular formula is C12H9FN2O2. The summed E-state index contributed by atoms with van der Waals surface area (Å²) in [6.07, 6.45) is 1.19. The Morgan fingerprint density at radius 2 is 2.06 bits per heavy atom. The van der Waals surface area contributed by atoms with Crippen LogP contribution in [0.3, 0.4) is 0 Å². The van der Waals surface area contributed by atoms with E-state index < -0.39 is 11.8 Å². The Balaban J connectivity index is 2.52. The third-order valence-electron chi connectivity index (χ3n) is 2.32. The summed E-state index contributed by atoms with van der Waals surface area (Å²) in [5.74, 6) is -1.34. The molecule has 86 valence electrons. The lowest BCUT2D eigenvalue weighted by Crippen LogP contribution is -2.04. The minimum Gasteiger partial charge on any atom is -0.478 e. The molecule has 2 aromatic rings. The summed E-state index contributed by atoms with van der Waals surface area (Å²) >= 11 is 0. The minimum atomic E-state index is -1.09. The molecule has 0 radical (unpaired) electrons. The van der Waals surface area contributed by atoms with E-state index in [0.29, 0.717) is 5.69 Å². The SMILES string of the molecule is Cc1nc(-c2ccccc2F)ncc1C(=O)O. The smallest absolute Gasteiger partial charge is 0.339 e. The van der Waals surface area contributed by atoms with E-state index in [0.717, 1.165) is 0 Å².